The Balaban J connectivity index is 2.70. The van der Waals surface area contributed by atoms with Gasteiger partial charge in [-0.15, -0.1) is 0 Å². The van der Waals surface area contributed by atoms with Crippen molar-refractivity contribution in [2.24, 2.45) is 0 Å². The van der Waals surface area contributed by atoms with Crippen LogP contribution in [0.1, 0.15) is 31.4 Å². The Bertz CT molecular complexity index is 350. The van der Waals surface area contributed by atoms with Crippen molar-refractivity contribution in [2.75, 3.05) is 6.54 Å². The summed E-state index contributed by atoms with van der Waals surface area (Å²) in [5, 5.41) is 3.22. The van der Waals surface area contributed by atoms with E-state index in [9.17, 15) is 8.78 Å². The summed E-state index contributed by atoms with van der Waals surface area (Å²) in [6, 6.07) is 3.09. The largest absolute Gasteiger partial charge is 0.315 e. The standard InChI is InChI=1S/C13H19F2N/c1-4-16-10(3)6-7-11-12(14)8-5-9(2)13(11)15/h5,8,10,16H,4,6-7H2,1-3H3. The molecule has 90 valence electrons. The Morgan fingerprint density at radius 3 is 2.62 bits per heavy atom. The zero-order valence-electron chi connectivity index (χ0n) is 10.1. The predicted octanol–water partition coefficient (Wildman–Crippen LogP) is 3.20. The molecule has 0 heterocycles. The molecule has 0 radical (unpaired) electrons. The molecule has 0 bridgehead atoms. The maximum atomic E-state index is 13.6. The molecular weight excluding hydrogens is 208 g/mol. The van der Waals surface area contributed by atoms with Crippen molar-refractivity contribution in [1.29, 1.82) is 0 Å². The van der Waals surface area contributed by atoms with Crippen LogP contribution in [0, 0.1) is 18.6 Å². The van der Waals surface area contributed by atoms with Gasteiger partial charge in [-0.3, -0.25) is 0 Å². The lowest BCUT2D eigenvalue weighted by atomic mass is 10.0. The fourth-order valence-electron chi connectivity index (χ4n) is 1.76. The van der Waals surface area contributed by atoms with E-state index in [0.29, 0.717) is 12.0 Å². The smallest absolute Gasteiger partial charge is 0.132 e. The second kappa shape index (κ2) is 5.94. The van der Waals surface area contributed by atoms with Crippen LogP contribution in [-0.2, 0) is 6.42 Å². The molecule has 1 rings (SSSR count). The average Bonchev–Trinajstić information content (AvgIpc) is 2.24. The molecule has 16 heavy (non-hydrogen) atoms. The van der Waals surface area contributed by atoms with E-state index >= 15 is 0 Å². The van der Waals surface area contributed by atoms with Gasteiger partial charge >= 0.3 is 0 Å². The third-order valence-electron chi connectivity index (χ3n) is 2.76. The van der Waals surface area contributed by atoms with E-state index in [1.165, 1.54) is 12.1 Å². The number of hydrogen-bond acceptors (Lipinski definition) is 1. The summed E-state index contributed by atoms with van der Waals surface area (Å²) in [5.74, 6) is -0.838. The van der Waals surface area contributed by atoms with Gasteiger partial charge in [0, 0.05) is 11.6 Å². The maximum absolute atomic E-state index is 13.6. The van der Waals surface area contributed by atoms with Crippen molar-refractivity contribution < 1.29 is 8.78 Å². The lowest BCUT2D eigenvalue weighted by Gasteiger charge is -2.13. The van der Waals surface area contributed by atoms with E-state index in [-0.39, 0.29) is 11.6 Å². The molecule has 0 aliphatic carbocycles. The fraction of sp³-hybridized carbons (Fsp3) is 0.538. The van der Waals surface area contributed by atoms with Crippen LogP contribution < -0.4 is 5.32 Å². The zero-order valence-corrected chi connectivity index (χ0v) is 10.1. The first-order chi connectivity index (χ1) is 7.56. The molecule has 0 aromatic heterocycles. The Kier molecular flexibility index (Phi) is 4.87. The highest BCUT2D eigenvalue weighted by molar-refractivity contribution is 5.26. The summed E-state index contributed by atoms with van der Waals surface area (Å²) in [6.07, 6.45) is 1.18. The topological polar surface area (TPSA) is 12.0 Å². The van der Waals surface area contributed by atoms with Crippen LogP contribution in [0.4, 0.5) is 8.78 Å². The van der Waals surface area contributed by atoms with E-state index < -0.39 is 11.6 Å². The minimum Gasteiger partial charge on any atom is -0.315 e. The van der Waals surface area contributed by atoms with Gasteiger partial charge in [0.05, 0.1) is 0 Å². The van der Waals surface area contributed by atoms with Crippen LogP contribution in [0.15, 0.2) is 12.1 Å². The van der Waals surface area contributed by atoms with Crippen molar-refractivity contribution in [2.45, 2.75) is 39.7 Å². The van der Waals surface area contributed by atoms with E-state index in [2.05, 4.69) is 5.32 Å². The number of hydrogen-bond donors (Lipinski definition) is 1. The summed E-state index contributed by atoms with van der Waals surface area (Å²) in [4.78, 5) is 0. The third-order valence-corrected chi connectivity index (χ3v) is 2.76. The van der Waals surface area contributed by atoms with Gasteiger partial charge in [0.15, 0.2) is 0 Å². The molecule has 1 N–H and O–H groups in total. The first kappa shape index (κ1) is 13.1. The van der Waals surface area contributed by atoms with E-state index in [1.807, 2.05) is 13.8 Å². The molecule has 0 fully saturated rings. The minimum atomic E-state index is -0.438. The molecule has 3 heteroatoms. The van der Waals surface area contributed by atoms with Crippen LogP contribution >= 0.6 is 0 Å². The van der Waals surface area contributed by atoms with Crippen LogP contribution in [0.2, 0.25) is 0 Å². The predicted molar refractivity (Wildman–Crippen MR) is 62.6 cm³/mol. The Labute approximate surface area is 95.9 Å². The van der Waals surface area contributed by atoms with Crippen molar-refractivity contribution in [3.63, 3.8) is 0 Å². The van der Waals surface area contributed by atoms with Crippen LogP contribution in [0.25, 0.3) is 0 Å². The molecule has 0 saturated carbocycles. The molecule has 1 atom stereocenters. The van der Waals surface area contributed by atoms with Gasteiger partial charge in [-0.1, -0.05) is 13.0 Å². The van der Waals surface area contributed by atoms with Gasteiger partial charge in [0.2, 0.25) is 0 Å². The first-order valence-corrected chi connectivity index (χ1v) is 5.73. The second-order valence-corrected chi connectivity index (χ2v) is 4.15. The number of aryl methyl sites for hydroxylation is 1. The normalized spacial score (nSPS) is 12.8. The zero-order chi connectivity index (χ0) is 12.1. The lowest BCUT2D eigenvalue weighted by molar-refractivity contribution is 0.500. The quantitative estimate of drug-likeness (QED) is 0.814. The highest BCUT2D eigenvalue weighted by Crippen LogP contribution is 2.18. The van der Waals surface area contributed by atoms with E-state index in [4.69, 9.17) is 0 Å². The van der Waals surface area contributed by atoms with Crippen molar-refractivity contribution >= 4 is 0 Å². The highest BCUT2D eigenvalue weighted by atomic mass is 19.1. The Morgan fingerprint density at radius 1 is 1.31 bits per heavy atom. The molecule has 1 aromatic rings. The number of rotatable bonds is 5. The van der Waals surface area contributed by atoms with Gasteiger partial charge < -0.3 is 5.32 Å². The molecule has 1 aromatic carbocycles. The Hall–Kier alpha value is -0.960. The van der Waals surface area contributed by atoms with E-state index in [1.54, 1.807) is 6.92 Å². The van der Waals surface area contributed by atoms with Crippen LogP contribution in [0.5, 0.6) is 0 Å². The van der Waals surface area contributed by atoms with Crippen molar-refractivity contribution in [3.05, 3.63) is 34.9 Å². The summed E-state index contributed by atoms with van der Waals surface area (Å²) in [7, 11) is 0. The molecule has 0 aliphatic rings. The fourth-order valence-corrected chi connectivity index (χ4v) is 1.76. The number of nitrogens with one attached hydrogen (secondary N) is 1. The monoisotopic (exact) mass is 227 g/mol. The lowest BCUT2D eigenvalue weighted by Crippen LogP contribution is -2.26. The van der Waals surface area contributed by atoms with Gasteiger partial charge in [0.1, 0.15) is 11.6 Å². The summed E-state index contributed by atoms with van der Waals surface area (Å²) < 4.78 is 27.0. The highest BCUT2D eigenvalue weighted by Gasteiger charge is 2.12. The minimum absolute atomic E-state index is 0.213. The van der Waals surface area contributed by atoms with Crippen LogP contribution in [0.3, 0.4) is 0 Å². The van der Waals surface area contributed by atoms with Gasteiger partial charge in [-0.2, -0.15) is 0 Å². The molecule has 1 nitrogen and oxygen atoms in total. The van der Waals surface area contributed by atoms with Gasteiger partial charge in [-0.05, 0) is 44.9 Å². The van der Waals surface area contributed by atoms with Crippen molar-refractivity contribution in [3.8, 4) is 0 Å². The summed E-state index contributed by atoms with van der Waals surface area (Å²) >= 11 is 0. The summed E-state index contributed by atoms with van der Waals surface area (Å²) in [5.41, 5.74) is 0.720. The molecule has 1 unspecified atom stereocenters. The maximum Gasteiger partial charge on any atom is 0.132 e. The third kappa shape index (κ3) is 3.27. The van der Waals surface area contributed by atoms with E-state index in [0.717, 1.165) is 13.0 Å². The van der Waals surface area contributed by atoms with Crippen LogP contribution in [-0.4, -0.2) is 12.6 Å². The van der Waals surface area contributed by atoms with Gasteiger partial charge in [0.25, 0.3) is 0 Å². The molecular formula is C13H19F2N. The molecule has 0 amide bonds. The summed E-state index contributed by atoms with van der Waals surface area (Å²) in [6.45, 7) is 6.57. The first-order valence-electron chi connectivity index (χ1n) is 5.73. The van der Waals surface area contributed by atoms with Gasteiger partial charge in [-0.25, -0.2) is 8.78 Å². The number of benzene rings is 1. The number of halogens is 2. The Morgan fingerprint density at radius 2 is 2.00 bits per heavy atom. The molecule has 0 saturated heterocycles. The molecule has 0 spiro atoms. The second-order valence-electron chi connectivity index (χ2n) is 4.15. The SMILES string of the molecule is CCNC(C)CCc1c(F)ccc(C)c1F. The van der Waals surface area contributed by atoms with Crippen molar-refractivity contribution in [1.82, 2.24) is 5.32 Å². The molecule has 0 aliphatic heterocycles. The average molecular weight is 227 g/mol.